The van der Waals surface area contributed by atoms with E-state index in [1.54, 1.807) is 16.8 Å². The molecular weight excluding hydrogens is 201 g/mol. The summed E-state index contributed by atoms with van der Waals surface area (Å²) in [6.07, 6.45) is -5.17. The van der Waals surface area contributed by atoms with Crippen molar-refractivity contribution in [2.45, 2.75) is 18.5 Å². The number of alkyl halides is 3. The third kappa shape index (κ3) is 3.36. The van der Waals surface area contributed by atoms with E-state index in [1.165, 1.54) is 11.3 Å². The lowest BCUT2D eigenvalue weighted by atomic mass is 9.99. The zero-order valence-corrected chi connectivity index (χ0v) is 7.53. The number of halogens is 3. The Morgan fingerprint density at radius 3 is 2.54 bits per heavy atom. The van der Waals surface area contributed by atoms with Gasteiger partial charge in [-0.3, -0.25) is 0 Å². The van der Waals surface area contributed by atoms with Gasteiger partial charge in [-0.05, 0) is 22.4 Å². The quantitative estimate of drug-likeness (QED) is 0.813. The Labute approximate surface area is 77.8 Å². The molecule has 1 unspecified atom stereocenters. The highest BCUT2D eigenvalue weighted by Gasteiger charge is 2.32. The molecule has 0 fully saturated rings. The highest BCUT2D eigenvalue weighted by Crippen LogP contribution is 2.31. The van der Waals surface area contributed by atoms with Crippen molar-refractivity contribution in [1.82, 2.24) is 0 Å². The predicted octanol–water partition coefficient (Wildman–Crippen LogP) is 2.78. The first kappa shape index (κ1) is 10.5. The van der Waals surface area contributed by atoms with Crippen LogP contribution >= 0.6 is 11.3 Å². The van der Waals surface area contributed by atoms with E-state index >= 15 is 0 Å². The van der Waals surface area contributed by atoms with Crippen LogP contribution in [0.3, 0.4) is 0 Å². The van der Waals surface area contributed by atoms with E-state index in [9.17, 15) is 13.2 Å². The van der Waals surface area contributed by atoms with Gasteiger partial charge in [-0.2, -0.15) is 24.5 Å². The normalized spacial score (nSPS) is 14.5. The van der Waals surface area contributed by atoms with Gasteiger partial charge in [-0.1, -0.05) is 0 Å². The summed E-state index contributed by atoms with van der Waals surface area (Å²) in [5.74, 6) is -0.814. The molecule has 0 bridgehead atoms. The summed E-state index contributed by atoms with van der Waals surface area (Å²) in [6.45, 7) is -0.462. The molecule has 0 aromatic carbocycles. The van der Waals surface area contributed by atoms with Crippen molar-refractivity contribution in [3.8, 4) is 0 Å². The summed E-state index contributed by atoms with van der Waals surface area (Å²) >= 11 is 1.33. The van der Waals surface area contributed by atoms with Crippen LogP contribution in [0.25, 0.3) is 0 Å². The van der Waals surface area contributed by atoms with Crippen molar-refractivity contribution < 1.29 is 18.3 Å². The van der Waals surface area contributed by atoms with Crippen molar-refractivity contribution in [2.75, 3.05) is 6.61 Å². The molecule has 0 aliphatic rings. The van der Waals surface area contributed by atoms with Gasteiger partial charge in [0, 0.05) is 5.92 Å². The van der Waals surface area contributed by atoms with Crippen LogP contribution in [-0.2, 0) is 0 Å². The molecular formula is C8H9F3OS. The molecule has 1 nitrogen and oxygen atoms in total. The van der Waals surface area contributed by atoms with E-state index in [4.69, 9.17) is 5.11 Å². The Bertz CT molecular complexity index is 242. The van der Waals surface area contributed by atoms with Crippen molar-refractivity contribution >= 4 is 11.3 Å². The average Bonchev–Trinajstić information content (AvgIpc) is 2.50. The van der Waals surface area contributed by atoms with Crippen LogP contribution in [0.15, 0.2) is 16.8 Å². The highest BCUT2D eigenvalue weighted by atomic mass is 32.1. The average molecular weight is 210 g/mol. The zero-order chi connectivity index (χ0) is 9.90. The number of aliphatic hydroxyl groups excluding tert-OH is 1. The van der Waals surface area contributed by atoms with Crippen LogP contribution in [0.2, 0.25) is 0 Å². The van der Waals surface area contributed by atoms with E-state index in [-0.39, 0.29) is 0 Å². The van der Waals surface area contributed by atoms with Gasteiger partial charge in [0.15, 0.2) is 0 Å². The molecule has 0 saturated carbocycles. The van der Waals surface area contributed by atoms with Crippen molar-refractivity contribution in [3.05, 3.63) is 22.4 Å². The molecule has 1 heterocycles. The second-order valence-corrected chi connectivity index (χ2v) is 3.54. The van der Waals surface area contributed by atoms with Gasteiger partial charge < -0.3 is 5.11 Å². The van der Waals surface area contributed by atoms with Crippen LogP contribution in [0, 0.1) is 0 Å². The fourth-order valence-electron chi connectivity index (χ4n) is 1.07. The van der Waals surface area contributed by atoms with Crippen LogP contribution in [0.1, 0.15) is 17.9 Å². The van der Waals surface area contributed by atoms with Gasteiger partial charge in [0.2, 0.25) is 0 Å². The molecule has 5 heteroatoms. The smallest absolute Gasteiger partial charge is 0.389 e. The first-order valence-electron chi connectivity index (χ1n) is 3.72. The predicted molar refractivity (Wildman–Crippen MR) is 44.8 cm³/mol. The summed E-state index contributed by atoms with van der Waals surface area (Å²) < 4.78 is 35.9. The topological polar surface area (TPSA) is 20.2 Å². The van der Waals surface area contributed by atoms with Gasteiger partial charge in [-0.15, -0.1) is 0 Å². The molecule has 1 aromatic rings. The number of hydrogen-bond donors (Lipinski definition) is 1. The Morgan fingerprint density at radius 1 is 1.46 bits per heavy atom. The van der Waals surface area contributed by atoms with E-state index in [0.717, 1.165) is 0 Å². The van der Waals surface area contributed by atoms with E-state index < -0.39 is 25.1 Å². The number of aliphatic hydroxyl groups is 1. The standard InChI is InChI=1S/C8H9F3OS/c9-8(10,11)3-7(4-12)6-1-2-13-5-6/h1-2,5,7,12H,3-4H2. The SMILES string of the molecule is OCC(CC(F)(F)F)c1ccsc1. The summed E-state index contributed by atoms with van der Waals surface area (Å²) in [6, 6.07) is 1.61. The second-order valence-electron chi connectivity index (χ2n) is 2.76. The first-order chi connectivity index (χ1) is 6.03. The molecule has 0 radical (unpaired) electrons. The Morgan fingerprint density at radius 2 is 2.15 bits per heavy atom. The van der Waals surface area contributed by atoms with Gasteiger partial charge in [0.1, 0.15) is 0 Å². The van der Waals surface area contributed by atoms with Crippen molar-refractivity contribution in [1.29, 1.82) is 0 Å². The fraction of sp³-hybridized carbons (Fsp3) is 0.500. The highest BCUT2D eigenvalue weighted by molar-refractivity contribution is 7.07. The third-order valence-corrected chi connectivity index (χ3v) is 2.41. The van der Waals surface area contributed by atoms with Gasteiger partial charge in [0.05, 0.1) is 13.0 Å². The molecule has 1 rings (SSSR count). The van der Waals surface area contributed by atoms with Crippen molar-refractivity contribution in [3.63, 3.8) is 0 Å². The number of rotatable bonds is 3. The molecule has 0 aliphatic heterocycles. The molecule has 1 atom stereocenters. The fourth-order valence-corrected chi connectivity index (χ4v) is 1.82. The van der Waals surface area contributed by atoms with Gasteiger partial charge in [-0.25, -0.2) is 0 Å². The molecule has 13 heavy (non-hydrogen) atoms. The summed E-state index contributed by atoms with van der Waals surface area (Å²) in [5.41, 5.74) is 0.560. The van der Waals surface area contributed by atoms with E-state index in [1.807, 2.05) is 0 Å². The lowest BCUT2D eigenvalue weighted by molar-refractivity contribution is -0.140. The molecule has 1 aromatic heterocycles. The van der Waals surface area contributed by atoms with Crippen molar-refractivity contribution in [2.24, 2.45) is 0 Å². The monoisotopic (exact) mass is 210 g/mol. The minimum Gasteiger partial charge on any atom is -0.396 e. The third-order valence-electron chi connectivity index (χ3n) is 1.71. The maximum absolute atomic E-state index is 12.0. The molecule has 0 amide bonds. The van der Waals surface area contributed by atoms with Crippen LogP contribution in [-0.4, -0.2) is 17.9 Å². The Kier molecular flexibility index (Phi) is 3.33. The Hall–Kier alpha value is -0.550. The number of thiophene rings is 1. The van der Waals surface area contributed by atoms with E-state index in [2.05, 4.69) is 0 Å². The lowest BCUT2D eigenvalue weighted by Crippen LogP contribution is -2.16. The molecule has 1 N–H and O–H groups in total. The van der Waals surface area contributed by atoms with Crippen LogP contribution < -0.4 is 0 Å². The summed E-state index contributed by atoms with van der Waals surface area (Å²) in [4.78, 5) is 0. The first-order valence-corrected chi connectivity index (χ1v) is 4.67. The maximum Gasteiger partial charge on any atom is 0.389 e. The second kappa shape index (κ2) is 4.11. The largest absolute Gasteiger partial charge is 0.396 e. The van der Waals surface area contributed by atoms with Crippen LogP contribution in [0.4, 0.5) is 13.2 Å². The lowest BCUT2D eigenvalue weighted by Gasteiger charge is -2.14. The summed E-state index contributed by atoms with van der Waals surface area (Å²) in [5, 5.41) is 12.1. The maximum atomic E-state index is 12.0. The number of hydrogen-bond acceptors (Lipinski definition) is 2. The minimum absolute atomic E-state index is 0.462. The molecule has 0 saturated heterocycles. The van der Waals surface area contributed by atoms with Gasteiger partial charge >= 0.3 is 6.18 Å². The molecule has 0 spiro atoms. The van der Waals surface area contributed by atoms with Crippen LogP contribution in [0.5, 0.6) is 0 Å². The van der Waals surface area contributed by atoms with E-state index in [0.29, 0.717) is 5.56 Å². The minimum atomic E-state index is -4.21. The summed E-state index contributed by atoms with van der Waals surface area (Å²) in [7, 11) is 0. The molecule has 0 aliphatic carbocycles. The zero-order valence-electron chi connectivity index (χ0n) is 6.71. The molecule has 74 valence electrons. The van der Waals surface area contributed by atoms with Gasteiger partial charge in [0.25, 0.3) is 0 Å². The Balaban J connectivity index is 2.64.